The smallest absolute Gasteiger partial charge is 0.226 e. The summed E-state index contributed by atoms with van der Waals surface area (Å²) in [6.07, 6.45) is 3.36. The number of amides is 1. The van der Waals surface area contributed by atoms with Gasteiger partial charge < -0.3 is 10.6 Å². The predicted molar refractivity (Wildman–Crippen MR) is 73.2 cm³/mol. The van der Waals surface area contributed by atoms with Crippen molar-refractivity contribution in [2.24, 2.45) is 17.6 Å². The molecule has 2 unspecified atom stereocenters. The quantitative estimate of drug-likeness (QED) is 0.813. The first-order chi connectivity index (χ1) is 8.63. The first kappa shape index (κ1) is 13.8. The number of hydrogen-bond acceptors (Lipinski definition) is 3. The average Bonchev–Trinajstić information content (AvgIpc) is 2.86. The van der Waals surface area contributed by atoms with Gasteiger partial charge in [0, 0.05) is 38.1 Å². The summed E-state index contributed by atoms with van der Waals surface area (Å²) in [6, 6.07) is 0.588. The molecule has 1 aliphatic heterocycles. The summed E-state index contributed by atoms with van der Waals surface area (Å²) in [5.41, 5.74) is 5.77. The molecule has 2 aliphatic rings. The van der Waals surface area contributed by atoms with E-state index in [9.17, 15) is 4.79 Å². The second-order valence-corrected chi connectivity index (χ2v) is 5.99. The van der Waals surface area contributed by atoms with Crippen LogP contribution in [0.4, 0.5) is 0 Å². The molecule has 1 amide bonds. The lowest BCUT2D eigenvalue weighted by atomic mass is 9.94. The predicted octanol–water partition coefficient (Wildman–Crippen LogP) is 0.914. The van der Waals surface area contributed by atoms with Gasteiger partial charge in [-0.05, 0) is 39.2 Å². The van der Waals surface area contributed by atoms with Gasteiger partial charge >= 0.3 is 0 Å². The molecule has 104 valence electrons. The largest absolute Gasteiger partial charge is 0.340 e. The van der Waals surface area contributed by atoms with E-state index in [1.165, 1.54) is 6.42 Å². The zero-order valence-corrected chi connectivity index (χ0v) is 11.8. The third kappa shape index (κ3) is 2.86. The van der Waals surface area contributed by atoms with E-state index in [1.54, 1.807) is 0 Å². The van der Waals surface area contributed by atoms with E-state index in [2.05, 4.69) is 23.6 Å². The SMILES string of the molecule is CC(C)N1CCN(C(=O)C2CCCC2CN)CC1. The highest BCUT2D eigenvalue weighted by molar-refractivity contribution is 5.79. The van der Waals surface area contributed by atoms with Crippen molar-refractivity contribution in [3.63, 3.8) is 0 Å². The molecular weight excluding hydrogens is 226 g/mol. The molecule has 0 aromatic rings. The maximum Gasteiger partial charge on any atom is 0.226 e. The van der Waals surface area contributed by atoms with E-state index in [-0.39, 0.29) is 5.92 Å². The van der Waals surface area contributed by atoms with Crippen LogP contribution in [0.15, 0.2) is 0 Å². The Morgan fingerprint density at radius 1 is 1.22 bits per heavy atom. The number of carbonyl (C=O) groups excluding carboxylic acids is 1. The summed E-state index contributed by atoms with van der Waals surface area (Å²) in [5.74, 6) is 1.01. The van der Waals surface area contributed by atoms with Crippen molar-refractivity contribution < 1.29 is 4.79 Å². The van der Waals surface area contributed by atoms with Crippen LogP contribution in [0.2, 0.25) is 0 Å². The molecule has 0 bridgehead atoms. The van der Waals surface area contributed by atoms with E-state index in [1.807, 2.05) is 0 Å². The first-order valence-corrected chi connectivity index (χ1v) is 7.36. The zero-order chi connectivity index (χ0) is 13.1. The van der Waals surface area contributed by atoms with Crippen LogP contribution in [0.3, 0.4) is 0 Å². The molecule has 0 aromatic heterocycles. The Balaban J connectivity index is 1.87. The minimum Gasteiger partial charge on any atom is -0.340 e. The summed E-state index contributed by atoms with van der Waals surface area (Å²) >= 11 is 0. The van der Waals surface area contributed by atoms with Gasteiger partial charge in [-0.15, -0.1) is 0 Å². The van der Waals surface area contributed by atoms with Crippen molar-refractivity contribution in [3.8, 4) is 0 Å². The van der Waals surface area contributed by atoms with Crippen LogP contribution in [0.25, 0.3) is 0 Å². The molecule has 1 aliphatic carbocycles. The van der Waals surface area contributed by atoms with Crippen LogP contribution in [-0.2, 0) is 4.79 Å². The molecule has 0 spiro atoms. The molecule has 2 fully saturated rings. The van der Waals surface area contributed by atoms with Gasteiger partial charge in [0.05, 0.1) is 0 Å². The molecule has 18 heavy (non-hydrogen) atoms. The van der Waals surface area contributed by atoms with Crippen LogP contribution < -0.4 is 5.73 Å². The number of hydrogen-bond donors (Lipinski definition) is 1. The number of carbonyl (C=O) groups is 1. The van der Waals surface area contributed by atoms with Crippen LogP contribution in [0.5, 0.6) is 0 Å². The van der Waals surface area contributed by atoms with E-state index in [4.69, 9.17) is 5.73 Å². The Kier molecular flexibility index (Phi) is 4.62. The fraction of sp³-hybridized carbons (Fsp3) is 0.929. The van der Waals surface area contributed by atoms with Gasteiger partial charge in [0.15, 0.2) is 0 Å². The molecule has 4 nitrogen and oxygen atoms in total. The van der Waals surface area contributed by atoms with Gasteiger partial charge in [0.1, 0.15) is 0 Å². The van der Waals surface area contributed by atoms with Crippen molar-refractivity contribution in [2.45, 2.75) is 39.2 Å². The van der Waals surface area contributed by atoms with Gasteiger partial charge in [0.2, 0.25) is 5.91 Å². The molecule has 1 heterocycles. The Morgan fingerprint density at radius 3 is 2.44 bits per heavy atom. The second-order valence-electron chi connectivity index (χ2n) is 5.99. The molecule has 0 radical (unpaired) electrons. The topological polar surface area (TPSA) is 49.6 Å². The van der Waals surface area contributed by atoms with Crippen molar-refractivity contribution >= 4 is 5.91 Å². The van der Waals surface area contributed by atoms with Crippen molar-refractivity contribution in [3.05, 3.63) is 0 Å². The van der Waals surface area contributed by atoms with Crippen molar-refractivity contribution in [1.29, 1.82) is 0 Å². The van der Waals surface area contributed by atoms with Crippen LogP contribution in [-0.4, -0.2) is 54.5 Å². The number of piperazine rings is 1. The monoisotopic (exact) mass is 253 g/mol. The molecule has 2 rings (SSSR count). The third-order valence-electron chi connectivity index (χ3n) is 4.64. The summed E-state index contributed by atoms with van der Waals surface area (Å²) < 4.78 is 0. The van der Waals surface area contributed by atoms with Crippen molar-refractivity contribution in [2.75, 3.05) is 32.7 Å². The highest BCUT2D eigenvalue weighted by Crippen LogP contribution is 2.32. The number of nitrogens with zero attached hydrogens (tertiary/aromatic N) is 2. The van der Waals surface area contributed by atoms with Gasteiger partial charge in [0.25, 0.3) is 0 Å². The van der Waals surface area contributed by atoms with Gasteiger partial charge in [-0.1, -0.05) is 6.42 Å². The second kappa shape index (κ2) is 6.02. The number of rotatable bonds is 3. The lowest BCUT2D eigenvalue weighted by molar-refractivity contribution is -0.138. The fourth-order valence-electron chi connectivity index (χ4n) is 3.34. The normalized spacial score (nSPS) is 30.1. The molecule has 2 N–H and O–H groups in total. The highest BCUT2D eigenvalue weighted by atomic mass is 16.2. The lowest BCUT2D eigenvalue weighted by Crippen LogP contribution is -2.52. The summed E-state index contributed by atoms with van der Waals surface area (Å²) in [7, 11) is 0. The van der Waals surface area contributed by atoms with Gasteiger partial charge in [-0.2, -0.15) is 0 Å². The molecule has 1 saturated carbocycles. The maximum absolute atomic E-state index is 12.5. The fourth-order valence-corrected chi connectivity index (χ4v) is 3.34. The summed E-state index contributed by atoms with van der Waals surface area (Å²) in [4.78, 5) is 17.0. The van der Waals surface area contributed by atoms with Gasteiger partial charge in [-0.3, -0.25) is 9.69 Å². The maximum atomic E-state index is 12.5. The zero-order valence-electron chi connectivity index (χ0n) is 11.8. The van der Waals surface area contributed by atoms with E-state index in [0.717, 1.165) is 39.0 Å². The Hall–Kier alpha value is -0.610. The van der Waals surface area contributed by atoms with Crippen LogP contribution >= 0.6 is 0 Å². The average molecular weight is 253 g/mol. The minimum atomic E-state index is 0.209. The third-order valence-corrected chi connectivity index (χ3v) is 4.64. The lowest BCUT2D eigenvalue weighted by Gasteiger charge is -2.38. The minimum absolute atomic E-state index is 0.209. The van der Waals surface area contributed by atoms with Gasteiger partial charge in [-0.25, -0.2) is 0 Å². The Labute approximate surface area is 110 Å². The number of nitrogens with two attached hydrogens (primary N) is 1. The van der Waals surface area contributed by atoms with Crippen LogP contribution in [0, 0.1) is 11.8 Å². The van der Waals surface area contributed by atoms with E-state index < -0.39 is 0 Å². The summed E-state index contributed by atoms with van der Waals surface area (Å²) in [5, 5.41) is 0. The van der Waals surface area contributed by atoms with E-state index >= 15 is 0 Å². The summed E-state index contributed by atoms with van der Waals surface area (Å²) in [6.45, 7) is 8.93. The molecule has 2 atom stereocenters. The molecule has 0 aromatic carbocycles. The van der Waals surface area contributed by atoms with E-state index in [0.29, 0.717) is 24.4 Å². The Bertz CT molecular complexity index is 285. The standard InChI is InChI=1S/C14H27N3O/c1-11(2)16-6-8-17(9-7-16)14(18)13-5-3-4-12(13)10-15/h11-13H,3-10,15H2,1-2H3. The van der Waals surface area contributed by atoms with Crippen molar-refractivity contribution in [1.82, 2.24) is 9.80 Å². The van der Waals surface area contributed by atoms with Crippen LogP contribution in [0.1, 0.15) is 33.1 Å². The molecular formula is C14H27N3O. The Morgan fingerprint density at radius 2 is 1.89 bits per heavy atom. The molecule has 4 heteroatoms. The highest BCUT2D eigenvalue weighted by Gasteiger charge is 2.35. The first-order valence-electron chi connectivity index (χ1n) is 7.36. The molecule has 1 saturated heterocycles.